The van der Waals surface area contributed by atoms with Crippen molar-refractivity contribution < 1.29 is 14.7 Å². The molecule has 0 saturated heterocycles. The van der Waals surface area contributed by atoms with Gasteiger partial charge in [-0.05, 0) is 22.9 Å². The molecule has 0 aliphatic rings. The van der Waals surface area contributed by atoms with Crippen molar-refractivity contribution in [2.24, 2.45) is 0 Å². The smallest absolute Gasteiger partial charge is 0.404 e. The molecule has 0 aliphatic heterocycles. The Hall–Kier alpha value is -1.37. The predicted octanol–water partition coefficient (Wildman–Crippen LogP) is 1.50. The number of nitrogens with zero attached hydrogens (tertiary/aromatic N) is 2. The van der Waals surface area contributed by atoms with E-state index in [1.807, 2.05) is 0 Å². The summed E-state index contributed by atoms with van der Waals surface area (Å²) in [5.41, 5.74) is 0.450. The minimum absolute atomic E-state index is 0.110. The number of carbonyl (C=O) groups excluding carboxylic acids is 1. The van der Waals surface area contributed by atoms with Gasteiger partial charge in [0.05, 0.1) is 6.54 Å². The van der Waals surface area contributed by atoms with Crippen molar-refractivity contribution >= 4 is 27.8 Å². The van der Waals surface area contributed by atoms with Crippen LogP contribution in [0.2, 0.25) is 0 Å². The van der Waals surface area contributed by atoms with E-state index < -0.39 is 6.09 Å². The fraction of sp³-hybridized carbons (Fsp3) is 0.444. The van der Waals surface area contributed by atoms with Crippen molar-refractivity contribution in [2.45, 2.75) is 26.4 Å². The molecule has 1 atom stereocenters. The number of rotatable bonds is 4. The zero-order valence-electron chi connectivity index (χ0n) is 8.90. The van der Waals surface area contributed by atoms with E-state index in [1.54, 1.807) is 13.0 Å². The second-order valence-corrected chi connectivity index (χ2v) is 4.25. The minimum atomic E-state index is -1.09. The molecule has 1 aromatic rings. The Kier molecular flexibility index (Phi) is 4.05. The van der Waals surface area contributed by atoms with Crippen LogP contribution in [0, 0.1) is 0 Å². The molecule has 0 unspecified atom stereocenters. The number of nitrogens with one attached hydrogen (secondary N) is 1. The van der Waals surface area contributed by atoms with Crippen molar-refractivity contribution in [1.82, 2.24) is 15.1 Å². The maximum Gasteiger partial charge on any atom is 0.404 e. The first-order valence-electron chi connectivity index (χ1n) is 4.64. The molecule has 1 amide bonds. The number of hydrogen-bond donors (Lipinski definition) is 2. The largest absolute Gasteiger partial charge is 0.465 e. The lowest BCUT2D eigenvalue weighted by Gasteiger charge is -2.12. The first kappa shape index (κ1) is 12.7. The molecule has 0 saturated carbocycles. The van der Waals surface area contributed by atoms with Crippen LogP contribution in [0.25, 0.3) is 0 Å². The van der Waals surface area contributed by atoms with Crippen LogP contribution >= 0.6 is 15.9 Å². The van der Waals surface area contributed by atoms with Crippen molar-refractivity contribution in [1.29, 1.82) is 0 Å². The van der Waals surface area contributed by atoms with Gasteiger partial charge in [0.1, 0.15) is 10.3 Å². The van der Waals surface area contributed by atoms with Gasteiger partial charge in [-0.1, -0.05) is 0 Å². The lowest BCUT2D eigenvalue weighted by Crippen LogP contribution is -2.35. The van der Waals surface area contributed by atoms with Crippen molar-refractivity contribution in [3.63, 3.8) is 0 Å². The first-order valence-corrected chi connectivity index (χ1v) is 5.43. The minimum Gasteiger partial charge on any atom is -0.465 e. The van der Waals surface area contributed by atoms with Crippen LogP contribution in [0.15, 0.2) is 10.7 Å². The molecule has 1 rings (SSSR count). The van der Waals surface area contributed by atoms with Gasteiger partial charge in [-0.3, -0.25) is 9.48 Å². The molecule has 0 radical (unpaired) electrons. The molecule has 6 nitrogen and oxygen atoms in total. The highest BCUT2D eigenvalue weighted by Crippen LogP contribution is 2.11. The third-order valence-electron chi connectivity index (χ3n) is 1.93. The quantitative estimate of drug-likeness (QED) is 0.823. The van der Waals surface area contributed by atoms with Gasteiger partial charge in [0.25, 0.3) is 0 Å². The van der Waals surface area contributed by atoms with E-state index in [9.17, 15) is 9.59 Å². The molecular weight excluding hydrogens is 278 g/mol. The molecule has 7 heteroatoms. The Morgan fingerprint density at radius 3 is 2.81 bits per heavy atom. The summed E-state index contributed by atoms with van der Waals surface area (Å²) in [6, 6.07) is 1.29. The summed E-state index contributed by atoms with van der Waals surface area (Å²) in [6.07, 6.45) is -1.09. The van der Waals surface area contributed by atoms with Gasteiger partial charge < -0.3 is 10.4 Å². The van der Waals surface area contributed by atoms with E-state index in [0.29, 0.717) is 16.8 Å². The van der Waals surface area contributed by atoms with Gasteiger partial charge in [-0.15, -0.1) is 0 Å². The zero-order chi connectivity index (χ0) is 12.3. The van der Waals surface area contributed by atoms with Crippen LogP contribution in [0.4, 0.5) is 4.79 Å². The number of Topliss-reactive ketones (excluding diaryl/α,β-unsaturated/α-hetero) is 1. The number of carboxylic acid groups (broad SMARTS) is 1. The molecule has 0 fully saturated rings. The van der Waals surface area contributed by atoms with E-state index in [2.05, 4.69) is 26.3 Å². The van der Waals surface area contributed by atoms with Gasteiger partial charge >= 0.3 is 6.09 Å². The standard InChI is InChI=1S/C9H12BrN3O3/c1-5(11-9(15)16)4-13-7(6(2)14)3-8(10)12-13/h3,5,11H,4H2,1-2H3,(H,15,16)/t5-/m0/s1. The Morgan fingerprint density at radius 2 is 2.31 bits per heavy atom. The van der Waals surface area contributed by atoms with Crippen molar-refractivity contribution in [3.05, 3.63) is 16.4 Å². The molecule has 1 aromatic heterocycles. The van der Waals surface area contributed by atoms with Crippen LogP contribution in [-0.4, -0.2) is 32.8 Å². The lowest BCUT2D eigenvalue weighted by molar-refractivity contribution is 0.100. The first-order chi connectivity index (χ1) is 7.40. The molecule has 1 heterocycles. The Morgan fingerprint density at radius 1 is 1.69 bits per heavy atom. The highest BCUT2D eigenvalue weighted by Gasteiger charge is 2.13. The summed E-state index contributed by atoms with van der Waals surface area (Å²) in [4.78, 5) is 21.7. The van der Waals surface area contributed by atoms with E-state index >= 15 is 0 Å². The van der Waals surface area contributed by atoms with Crippen molar-refractivity contribution in [3.8, 4) is 0 Å². The van der Waals surface area contributed by atoms with Gasteiger partial charge in [0.15, 0.2) is 5.78 Å². The van der Waals surface area contributed by atoms with Crippen LogP contribution in [0.1, 0.15) is 24.3 Å². The molecule has 0 aromatic carbocycles. The molecule has 88 valence electrons. The van der Waals surface area contributed by atoms with Gasteiger partial charge in [-0.2, -0.15) is 5.10 Å². The Labute approximate surface area is 101 Å². The van der Waals surface area contributed by atoms with Gasteiger partial charge in [0.2, 0.25) is 0 Å². The fourth-order valence-corrected chi connectivity index (χ4v) is 1.73. The average molecular weight is 290 g/mol. The highest BCUT2D eigenvalue weighted by molar-refractivity contribution is 9.10. The summed E-state index contributed by atoms with van der Waals surface area (Å²) in [5.74, 6) is -0.110. The summed E-state index contributed by atoms with van der Waals surface area (Å²) >= 11 is 3.17. The van der Waals surface area contributed by atoms with Crippen LogP contribution in [0.3, 0.4) is 0 Å². The molecule has 16 heavy (non-hydrogen) atoms. The monoisotopic (exact) mass is 289 g/mol. The predicted molar refractivity (Wildman–Crippen MR) is 60.6 cm³/mol. The van der Waals surface area contributed by atoms with Gasteiger partial charge in [-0.25, -0.2) is 4.79 Å². The molecule has 0 spiro atoms. The zero-order valence-corrected chi connectivity index (χ0v) is 10.5. The topological polar surface area (TPSA) is 84.2 Å². The van der Waals surface area contributed by atoms with Crippen LogP contribution < -0.4 is 5.32 Å². The number of aromatic nitrogens is 2. The lowest BCUT2D eigenvalue weighted by atomic mass is 10.3. The molecule has 2 N–H and O–H groups in total. The normalized spacial score (nSPS) is 12.2. The fourth-order valence-electron chi connectivity index (χ4n) is 1.32. The number of halogens is 1. The van der Waals surface area contributed by atoms with Crippen LogP contribution in [-0.2, 0) is 6.54 Å². The maximum atomic E-state index is 11.3. The Bertz CT molecular complexity index is 416. The van der Waals surface area contributed by atoms with E-state index in [0.717, 1.165) is 0 Å². The third kappa shape index (κ3) is 3.34. The average Bonchev–Trinajstić information content (AvgIpc) is 2.44. The molecule has 0 aliphatic carbocycles. The number of carbonyl (C=O) groups is 2. The summed E-state index contributed by atoms with van der Waals surface area (Å²) < 4.78 is 2.03. The SMILES string of the molecule is CC(=O)c1cc(Br)nn1C[C@H](C)NC(=O)O. The second-order valence-electron chi connectivity index (χ2n) is 3.44. The summed E-state index contributed by atoms with van der Waals surface area (Å²) in [7, 11) is 0. The van der Waals surface area contributed by atoms with E-state index in [-0.39, 0.29) is 11.8 Å². The van der Waals surface area contributed by atoms with Gasteiger partial charge in [0, 0.05) is 19.0 Å². The Balaban J connectivity index is 2.80. The van der Waals surface area contributed by atoms with Crippen LogP contribution in [0.5, 0.6) is 0 Å². The molecule has 0 bridgehead atoms. The highest BCUT2D eigenvalue weighted by atomic mass is 79.9. The summed E-state index contributed by atoms with van der Waals surface area (Å²) in [5, 5.41) is 14.9. The number of ketones is 1. The van der Waals surface area contributed by atoms with E-state index in [4.69, 9.17) is 5.11 Å². The molecular formula is C9H12BrN3O3. The van der Waals surface area contributed by atoms with E-state index in [1.165, 1.54) is 11.6 Å². The third-order valence-corrected chi connectivity index (χ3v) is 2.32. The second kappa shape index (κ2) is 5.11. The number of hydrogen-bond acceptors (Lipinski definition) is 3. The maximum absolute atomic E-state index is 11.3. The number of amides is 1. The van der Waals surface area contributed by atoms with Crippen molar-refractivity contribution in [2.75, 3.05) is 0 Å². The summed E-state index contributed by atoms with van der Waals surface area (Å²) in [6.45, 7) is 3.45.